The van der Waals surface area contributed by atoms with Crippen LogP contribution in [0.25, 0.3) is 11.3 Å². The molecular formula is C25H29N3O4. The third kappa shape index (κ3) is 5.04. The first kappa shape index (κ1) is 21.7. The fourth-order valence-corrected chi connectivity index (χ4v) is 3.76. The number of pyridine rings is 1. The molecule has 0 spiro atoms. The average molecular weight is 436 g/mol. The molecular weight excluding hydrogens is 406 g/mol. The number of anilines is 2. The Morgan fingerprint density at radius 2 is 2.06 bits per heavy atom. The Balaban J connectivity index is 1.44. The maximum Gasteiger partial charge on any atom is 0.360 e. The lowest BCUT2D eigenvalue weighted by Crippen LogP contribution is -2.30. The predicted octanol–water partition coefficient (Wildman–Crippen LogP) is 4.42. The fourth-order valence-electron chi connectivity index (χ4n) is 3.76. The summed E-state index contributed by atoms with van der Waals surface area (Å²) in [5, 5.41) is 3.42. The van der Waals surface area contributed by atoms with Crippen molar-refractivity contribution in [3.63, 3.8) is 0 Å². The van der Waals surface area contributed by atoms with Crippen molar-refractivity contribution >= 4 is 17.3 Å². The molecule has 2 heterocycles. The van der Waals surface area contributed by atoms with Crippen molar-refractivity contribution in [2.75, 3.05) is 50.7 Å². The van der Waals surface area contributed by atoms with Gasteiger partial charge in [-0.25, -0.2) is 9.78 Å². The number of ether oxygens (including phenoxy) is 3. The Hall–Kier alpha value is -3.48. The van der Waals surface area contributed by atoms with Crippen molar-refractivity contribution in [1.29, 1.82) is 0 Å². The largest absolute Gasteiger partial charge is 0.498 e. The molecule has 168 valence electrons. The topological polar surface area (TPSA) is 72.9 Å². The summed E-state index contributed by atoms with van der Waals surface area (Å²) in [4.78, 5) is 19.1. The lowest BCUT2D eigenvalue weighted by atomic mass is 10.1. The standard InChI is InChI=1S/C25H29N3O4/c1-28-14-13-26-21-17-18(9-11-22(21)28)20-10-12-23(24(27-20)25(29)30-2)32-16-6-15-31-19-7-4-3-5-8-19/h3-4,7,9-12,17,26H,5-6,8,13-16H2,1-2H3. The number of methoxy groups -OCH3 is 1. The summed E-state index contributed by atoms with van der Waals surface area (Å²) in [5.41, 5.74) is 3.99. The number of aromatic nitrogens is 1. The van der Waals surface area contributed by atoms with Crippen LogP contribution in [0.5, 0.6) is 5.75 Å². The van der Waals surface area contributed by atoms with E-state index in [4.69, 9.17) is 14.2 Å². The van der Waals surface area contributed by atoms with Crippen LogP contribution in [0.1, 0.15) is 29.8 Å². The minimum absolute atomic E-state index is 0.175. The number of nitrogens with zero attached hydrogens (tertiary/aromatic N) is 2. The second-order valence-corrected chi connectivity index (χ2v) is 7.77. The van der Waals surface area contributed by atoms with E-state index in [1.54, 1.807) is 6.07 Å². The molecule has 1 aliphatic heterocycles. The minimum atomic E-state index is -0.520. The molecule has 0 saturated carbocycles. The van der Waals surface area contributed by atoms with Gasteiger partial charge in [0.25, 0.3) is 0 Å². The zero-order chi connectivity index (χ0) is 22.3. The number of esters is 1. The molecule has 0 atom stereocenters. The first-order chi connectivity index (χ1) is 15.7. The van der Waals surface area contributed by atoms with Gasteiger partial charge >= 0.3 is 5.97 Å². The van der Waals surface area contributed by atoms with Gasteiger partial charge in [-0.05, 0) is 36.8 Å². The predicted molar refractivity (Wildman–Crippen MR) is 125 cm³/mol. The van der Waals surface area contributed by atoms with Crippen LogP contribution in [0.4, 0.5) is 11.4 Å². The van der Waals surface area contributed by atoms with Crippen LogP contribution in [0.3, 0.4) is 0 Å². The molecule has 0 unspecified atom stereocenters. The van der Waals surface area contributed by atoms with Crippen molar-refractivity contribution < 1.29 is 19.0 Å². The third-order valence-electron chi connectivity index (χ3n) is 5.51. The maximum atomic E-state index is 12.4. The van der Waals surface area contributed by atoms with E-state index in [-0.39, 0.29) is 5.69 Å². The number of carbonyl (C=O) groups excluding carboxylic acids is 1. The van der Waals surface area contributed by atoms with E-state index in [1.807, 2.05) is 24.3 Å². The molecule has 1 N–H and O–H groups in total. The Labute approximate surface area is 188 Å². The van der Waals surface area contributed by atoms with Crippen molar-refractivity contribution in [1.82, 2.24) is 4.98 Å². The van der Waals surface area contributed by atoms with Crippen LogP contribution in [-0.4, -0.2) is 51.4 Å². The van der Waals surface area contributed by atoms with Crippen molar-refractivity contribution in [2.45, 2.75) is 19.3 Å². The van der Waals surface area contributed by atoms with E-state index >= 15 is 0 Å². The highest BCUT2D eigenvalue weighted by atomic mass is 16.5. The van der Waals surface area contributed by atoms with Crippen LogP contribution in [0, 0.1) is 0 Å². The normalized spacial score (nSPS) is 14.8. The Morgan fingerprint density at radius 1 is 1.19 bits per heavy atom. The SMILES string of the molecule is COC(=O)c1nc(-c2ccc3c(c2)NCCN3C)ccc1OCCCOC1=CC=CCC1. The van der Waals surface area contributed by atoms with Gasteiger partial charge in [0.2, 0.25) is 0 Å². The molecule has 32 heavy (non-hydrogen) atoms. The Bertz CT molecular complexity index is 1030. The first-order valence-corrected chi connectivity index (χ1v) is 11.0. The summed E-state index contributed by atoms with van der Waals surface area (Å²) >= 11 is 0. The van der Waals surface area contributed by atoms with E-state index in [1.165, 1.54) is 7.11 Å². The number of fused-ring (bicyclic) bond motifs is 1. The highest BCUT2D eigenvalue weighted by Gasteiger charge is 2.19. The second-order valence-electron chi connectivity index (χ2n) is 7.77. The lowest BCUT2D eigenvalue weighted by Gasteiger charge is -2.28. The summed E-state index contributed by atoms with van der Waals surface area (Å²) < 4.78 is 16.6. The lowest BCUT2D eigenvalue weighted by molar-refractivity contribution is 0.0588. The monoisotopic (exact) mass is 435 g/mol. The number of likely N-dealkylation sites (N-methyl/N-ethyl adjacent to an activating group) is 1. The van der Waals surface area contributed by atoms with E-state index in [9.17, 15) is 4.79 Å². The highest BCUT2D eigenvalue weighted by molar-refractivity contribution is 5.91. The summed E-state index contributed by atoms with van der Waals surface area (Å²) in [6.45, 7) is 2.83. The van der Waals surface area contributed by atoms with Gasteiger partial charge in [-0.15, -0.1) is 0 Å². The summed E-state index contributed by atoms with van der Waals surface area (Å²) in [5.74, 6) is 0.892. The van der Waals surface area contributed by atoms with Crippen LogP contribution in [-0.2, 0) is 9.47 Å². The van der Waals surface area contributed by atoms with Gasteiger partial charge in [0.1, 0.15) is 0 Å². The molecule has 1 aliphatic carbocycles. The molecule has 0 fully saturated rings. The quantitative estimate of drug-likeness (QED) is 0.486. The van der Waals surface area contributed by atoms with Gasteiger partial charge < -0.3 is 24.4 Å². The number of nitrogens with one attached hydrogen (secondary N) is 1. The second kappa shape index (κ2) is 10.2. The number of rotatable bonds is 8. The summed E-state index contributed by atoms with van der Waals surface area (Å²) in [6, 6.07) is 9.78. The zero-order valence-corrected chi connectivity index (χ0v) is 18.6. The van der Waals surface area contributed by atoms with Gasteiger partial charge in [-0.3, -0.25) is 0 Å². The number of hydrogen-bond donors (Lipinski definition) is 1. The van der Waals surface area contributed by atoms with Gasteiger partial charge in [0, 0.05) is 38.5 Å². The van der Waals surface area contributed by atoms with Gasteiger partial charge in [0.05, 0.1) is 43.2 Å². The van der Waals surface area contributed by atoms with Gasteiger partial charge in [-0.2, -0.15) is 0 Å². The maximum absolute atomic E-state index is 12.4. The van der Waals surface area contributed by atoms with Crippen molar-refractivity contribution in [3.05, 3.63) is 60.0 Å². The Morgan fingerprint density at radius 3 is 2.88 bits per heavy atom. The van der Waals surface area contributed by atoms with E-state index in [0.29, 0.717) is 31.1 Å². The number of allylic oxidation sites excluding steroid dienone is 4. The molecule has 1 aromatic heterocycles. The van der Waals surface area contributed by atoms with Crippen molar-refractivity contribution in [3.8, 4) is 17.0 Å². The van der Waals surface area contributed by atoms with Gasteiger partial charge in [-0.1, -0.05) is 18.2 Å². The molecule has 7 nitrogen and oxygen atoms in total. The number of hydrogen-bond acceptors (Lipinski definition) is 7. The molecule has 0 amide bonds. The average Bonchev–Trinajstić information content (AvgIpc) is 2.84. The molecule has 2 aromatic rings. The zero-order valence-electron chi connectivity index (χ0n) is 18.6. The Kier molecular flexibility index (Phi) is 6.94. The third-order valence-corrected chi connectivity index (χ3v) is 5.51. The molecule has 7 heteroatoms. The molecule has 1 aromatic carbocycles. The van der Waals surface area contributed by atoms with E-state index in [2.05, 4.69) is 40.5 Å². The first-order valence-electron chi connectivity index (χ1n) is 11.0. The van der Waals surface area contributed by atoms with E-state index in [0.717, 1.165) is 48.6 Å². The summed E-state index contributed by atoms with van der Waals surface area (Å²) in [7, 11) is 3.42. The van der Waals surface area contributed by atoms with Crippen LogP contribution >= 0.6 is 0 Å². The minimum Gasteiger partial charge on any atom is -0.498 e. The molecule has 0 saturated heterocycles. The molecule has 4 rings (SSSR count). The van der Waals surface area contributed by atoms with Crippen LogP contribution < -0.4 is 15.0 Å². The fraction of sp³-hybridized carbons (Fsp3) is 0.360. The summed E-state index contributed by atoms with van der Waals surface area (Å²) in [6.07, 6.45) is 8.79. The number of carbonyl (C=O) groups is 1. The van der Waals surface area contributed by atoms with Crippen LogP contribution in [0.2, 0.25) is 0 Å². The van der Waals surface area contributed by atoms with Crippen molar-refractivity contribution in [2.24, 2.45) is 0 Å². The van der Waals surface area contributed by atoms with Crippen LogP contribution in [0.15, 0.2) is 54.3 Å². The van der Waals surface area contributed by atoms with Gasteiger partial charge in [0.15, 0.2) is 11.4 Å². The van der Waals surface area contributed by atoms with E-state index < -0.39 is 5.97 Å². The molecule has 0 bridgehead atoms. The molecule has 0 radical (unpaired) electrons. The number of benzene rings is 1. The smallest absolute Gasteiger partial charge is 0.360 e. The molecule has 2 aliphatic rings. The highest BCUT2D eigenvalue weighted by Crippen LogP contribution is 2.33.